The summed E-state index contributed by atoms with van der Waals surface area (Å²) in [6.45, 7) is 1.62. The zero-order valence-corrected chi connectivity index (χ0v) is 8.35. The minimum Gasteiger partial charge on any atom is -0.466 e. The Labute approximate surface area is 85.9 Å². The highest BCUT2D eigenvalue weighted by molar-refractivity contribution is 5.81. The second-order valence-corrected chi connectivity index (χ2v) is 2.67. The molecule has 0 fully saturated rings. The summed E-state index contributed by atoms with van der Waals surface area (Å²) in [7, 11) is 1.26. The average Bonchev–Trinajstić information content (AvgIpc) is 2.16. The van der Waals surface area contributed by atoms with E-state index in [1.807, 2.05) is 0 Å². The zero-order valence-electron chi connectivity index (χ0n) is 8.35. The highest BCUT2D eigenvalue weighted by atomic mass is 16.5. The summed E-state index contributed by atoms with van der Waals surface area (Å²) in [5.74, 6) is 0.211. The molecule has 80 valence electrons. The Morgan fingerprint density at radius 3 is 2.80 bits per heavy atom. The van der Waals surface area contributed by atoms with E-state index in [0.29, 0.717) is 11.5 Å². The van der Waals surface area contributed by atoms with Gasteiger partial charge < -0.3 is 13.9 Å². The molecule has 0 N–H and O–H groups in total. The van der Waals surface area contributed by atoms with Crippen molar-refractivity contribution in [2.24, 2.45) is 0 Å². The lowest BCUT2D eigenvalue weighted by molar-refractivity contribution is -0.134. The third-order valence-electron chi connectivity index (χ3n) is 1.48. The van der Waals surface area contributed by atoms with Crippen LogP contribution in [0.3, 0.4) is 0 Å². The SMILES string of the molecule is COC(=O)/C=C/Oc1cc(C)oc(=O)c1. The van der Waals surface area contributed by atoms with Gasteiger partial charge in [-0.2, -0.15) is 0 Å². The van der Waals surface area contributed by atoms with Gasteiger partial charge in [0.05, 0.1) is 25.5 Å². The van der Waals surface area contributed by atoms with Crippen molar-refractivity contribution in [3.63, 3.8) is 0 Å². The molecule has 0 atom stereocenters. The summed E-state index contributed by atoms with van der Waals surface area (Å²) in [4.78, 5) is 21.6. The first-order valence-corrected chi connectivity index (χ1v) is 4.15. The third-order valence-corrected chi connectivity index (χ3v) is 1.48. The van der Waals surface area contributed by atoms with Gasteiger partial charge >= 0.3 is 11.6 Å². The number of hydrogen-bond acceptors (Lipinski definition) is 5. The van der Waals surface area contributed by atoms with Gasteiger partial charge in [0.1, 0.15) is 11.5 Å². The molecule has 1 aromatic rings. The molecule has 15 heavy (non-hydrogen) atoms. The van der Waals surface area contributed by atoms with Gasteiger partial charge in [-0.3, -0.25) is 0 Å². The van der Waals surface area contributed by atoms with Gasteiger partial charge in [0.2, 0.25) is 0 Å². The number of rotatable bonds is 3. The largest absolute Gasteiger partial charge is 0.466 e. The van der Waals surface area contributed by atoms with E-state index in [4.69, 9.17) is 9.15 Å². The Kier molecular flexibility index (Phi) is 3.68. The number of aryl methyl sites for hydroxylation is 1. The van der Waals surface area contributed by atoms with Gasteiger partial charge in [-0.1, -0.05) is 0 Å². The van der Waals surface area contributed by atoms with Crippen LogP contribution in [0.4, 0.5) is 0 Å². The predicted molar refractivity (Wildman–Crippen MR) is 51.5 cm³/mol. The zero-order chi connectivity index (χ0) is 11.3. The van der Waals surface area contributed by atoms with Crippen LogP contribution in [0.1, 0.15) is 5.76 Å². The van der Waals surface area contributed by atoms with Crippen molar-refractivity contribution in [1.29, 1.82) is 0 Å². The lowest BCUT2D eigenvalue weighted by Crippen LogP contribution is -1.99. The van der Waals surface area contributed by atoms with E-state index >= 15 is 0 Å². The van der Waals surface area contributed by atoms with Crippen LogP contribution < -0.4 is 10.4 Å². The molecule has 0 aliphatic rings. The van der Waals surface area contributed by atoms with Crippen LogP contribution in [0.15, 0.2) is 33.7 Å². The number of carbonyl (C=O) groups excluding carboxylic acids is 1. The third kappa shape index (κ3) is 3.68. The Balaban J connectivity index is 2.69. The number of hydrogen-bond donors (Lipinski definition) is 0. The van der Waals surface area contributed by atoms with E-state index in [1.165, 1.54) is 19.2 Å². The maximum absolute atomic E-state index is 10.9. The molecule has 1 aromatic heterocycles. The first-order chi connectivity index (χ1) is 7.11. The molecule has 0 spiro atoms. The maximum atomic E-state index is 10.9. The predicted octanol–water partition coefficient (Wildman–Crippen LogP) is 1.01. The molecule has 5 nitrogen and oxygen atoms in total. The molecule has 0 amide bonds. The monoisotopic (exact) mass is 210 g/mol. The van der Waals surface area contributed by atoms with E-state index < -0.39 is 11.6 Å². The van der Waals surface area contributed by atoms with Crippen LogP contribution in [0.2, 0.25) is 0 Å². The summed E-state index contributed by atoms with van der Waals surface area (Å²) >= 11 is 0. The van der Waals surface area contributed by atoms with Crippen LogP contribution >= 0.6 is 0 Å². The molecular weight excluding hydrogens is 200 g/mol. The summed E-state index contributed by atoms with van der Waals surface area (Å²) in [5, 5.41) is 0. The fourth-order valence-electron chi connectivity index (χ4n) is 0.880. The Morgan fingerprint density at radius 2 is 2.20 bits per heavy atom. The van der Waals surface area contributed by atoms with Crippen LogP contribution in [0.5, 0.6) is 5.75 Å². The van der Waals surface area contributed by atoms with Gasteiger partial charge in [-0.25, -0.2) is 9.59 Å². The second-order valence-electron chi connectivity index (χ2n) is 2.67. The van der Waals surface area contributed by atoms with Crippen molar-refractivity contribution in [2.75, 3.05) is 7.11 Å². The molecular formula is C10H10O5. The smallest absolute Gasteiger partial charge is 0.339 e. The molecule has 0 aliphatic heterocycles. The summed E-state index contributed by atoms with van der Waals surface area (Å²) < 4.78 is 14.1. The van der Waals surface area contributed by atoms with Crippen molar-refractivity contribution < 1.29 is 18.7 Å². The summed E-state index contributed by atoms with van der Waals surface area (Å²) in [5.41, 5.74) is -0.503. The first-order valence-electron chi connectivity index (χ1n) is 4.15. The molecule has 0 saturated heterocycles. The molecule has 0 bridgehead atoms. The fraction of sp³-hybridized carbons (Fsp3) is 0.200. The minimum atomic E-state index is -0.533. The van der Waals surface area contributed by atoms with Crippen LogP contribution in [0, 0.1) is 6.92 Å². The van der Waals surface area contributed by atoms with E-state index in [1.54, 1.807) is 6.92 Å². The lowest BCUT2D eigenvalue weighted by Gasteiger charge is -1.98. The first kappa shape index (κ1) is 11.0. The second kappa shape index (κ2) is 4.99. The van der Waals surface area contributed by atoms with Crippen LogP contribution in [-0.2, 0) is 9.53 Å². The quantitative estimate of drug-likeness (QED) is 0.423. The average molecular weight is 210 g/mol. The van der Waals surface area contributed by atoms with E-state index in [-0.39, 0.29) is 0 Å². The maximum Gasteiger partial charge on any atom is 0.339 e. The van der Waals surface area contributed by atoms with Crippen LogP contribution in [-0.4, -0.2) is 13.1 Å². The molecule has 5 heteroatoms. The minimum absolute atomic E-state index is 0.309. The van der Waals surface area contributed by atoms with Crippen molar-refractivity contribution in [1.82, 2.24) is 0 Å². The summed E-state index contributed by atoms with van der Waals surface area (Å²) in [6.07, 6.45) is 2.24. The van der Waals surface area contributed by atoms with Gasteiger partial charge in [-0.05, 0) is 6.92 Å². The Hall–Kier alpha value is -2.04. The highest BCUT2D eigenvalue weighted by Gasteiger charge is 1.97. The lowest BCUT2D eigenvalue weighted by atomic mass is 10.4. The van der Waals surface area contributed by atoms with E-state index in [0.717, 1.165) is 12.3 Å². The van der Waals surface area contributed by atoms with Gasteiger partial charge in [0.25, 0.3) is 0 Å². The van der Waals surface area contributed by atoms with E-state index in [2.05, 4.69) is 4.74 Å². The standard InChI is InChI=1S/C10H10O5/c1-7-5-8(6-10(12)15-7)14-4-3-9(11)13-2/h3-6H,1-2H3/b4-3+. The fourth-order valence-corrected chi connectivity index (χ4v) is 0.880. The molecule has 0 aromatic carbocycles. The molecule has 1 rings (SSSR count). The topological polar surface area (TPSA) is 65.7 Å². The number of esters is 1. The molecule has 0 saturated carbocycles. The molecule has 0 radical (unpaired) electrons. The number of carbonyl (C=O) groups is 1. The van der Waals surface area contributed by atoms with E-state index in [9.17, 15) is 9.59 Å². The normalized spacial score (nSPS) is 10.3. The van der Waals surface area contributed by atoms with Crippen molar-refractivity contribution in [2.45, 2.75) is 6.92 Å². The Morgan fingerprint density at radius 1 is 1.47 bits per heavy atom. The number of ether oxygens (including phenoxy) is 2. The van der Waals surface area contributed by atoms with Gasteiger partial charge in [0.15, 0.2) is 0 Å². The number of methoxy groups -OCH3 is 1. The van der Waals surface area contributed by atoms with Crippen molar-refractivity contribution in [3.8, 4) is 5.75 Å². The summed E-state index contributed by atoms with van der Waals surface area (Å²) in [6, 6.07) is 2.71. The molecule has 0 aliphatic carbocycles. The molecule has 0 unspecified atom stereocenters. The molecule has 1 heterocycles. The van der Waals surface area contributed by atoms with Crippen molar-refractivity contribution >= 4 is 5.97 Å². The highest BCUT2D eigenvalue weighted by Crippen LogP contribution is 2.09. The Bertz CT molecular complexity index is 430. The van der Waals surface area contributed by atoms with Gasteiger partial charge in [-0.15, -0.1) is 0 Å². The van der Waals surface area contributed by atoms with Crippen LogP contribution in [0.25, 0.3) is 0 Å². The van der Waals surface area contributed by atoms with Crippen molar-refractivity contribution in [3.05, 3.63) is 40.7 Å². The van der Waals surface area contributed by atoms with Gasteiger partial charge in [0, 0.05) is 6.07 Å².